The Bertz CT molecular complexity index is 560. The summed E-state index contributed by atoms with van der Waals surface area (Å²) in [5.41, 5.74) is 2.52. The standard InChI is InChI=1S/C13H21N3O2S/c1-8-9(2)14-10(3)16-7-11(6-13(8)16)15-19(17,18)12-4-5-12/h9,11-12,15H,4-7H2,1-3H3/t9-,11+/m0/s1. The molecule has 6 heteroatoms. The number of hydrogen-bond acceptors (Lipinski definition) is 4. The maximum absolute atomic E-state index is 12.0. The Labute approximate surface area is 114 Å². The zero-order valence-electron chi connectivity index (χ0n) is 11.7. The summed E-state index contributed by atoms with van der Waals surface area (Å²) in [4.78, 5) is 6.75. The number of nitrogens with zero attached hydrogens (tertiary/aromatic N) is 2. The molecule has 0 spiro atoms. The Morgan fingerprint density at radius 2 is 2.00 bits per heavy atom. The molecule has 0 radical (unpaired) electrons. The van der Waals surface area contributed by atoms with Gasteiger partial charge in [0.1, 0.15) is 5.84 Å². The molecule has 0 amide bonds. The Hall–Kier alpha value is -0.880. The molecule has 1 saturated heterocycles. The largest absolute Gasteiger partial charge is 0.332 e. The van der Waals surface area contributed by atoms with Crippen LogP contribution < -0.4 is 4.72 Å². The van der Waals surface area contributed by atoms with Gasteiger partial charge in [-0.05, 0) is 39.2 Å². The third-order valence-electron chi connectivity index (χ3n) is 4.32. The summed E-state index contributed by atoms with van der Waals surface area (Å²) < 4.78 is 26.9. The molecule has 0 unspecified atom stereocenters. The van der Waals surface area contributed by atoms with Crippen molar-refractivity contribution in [1.29, 1.82) is 0 Å². The minimum Gasteiger partial charge on any atom is -0.332 e. The molecule has 1 N–H and O–H groups in total. The highest BCUT2D eigenvalue weighted by Crippen LogP contribution is 2.33. The van der Waals surface area contributed by atoms with Crippen LogP contribution in [0.4, 0.5) is 0 Å². The van der Waals surface area contributed by atoms with Crippen molar-refractivity contribution in [3.63, 3.8) is 0 Å². The van der Waals surface area contributed by atoms with E-state index in [9.17, 15) is 8.42 Å². The van der Waals surface area contributed by atoms with Gasteiger partial charge in [0.25, 0.3) is 0 Å². The Balaban J connectivity index is 1.78. The van der Waals surface area contributed by atoms with E-state index in [0.29, 0.717) is 6.54 Å². The van der Waals surface area contributed by atoms with Gasteiger partial charge in [0, 0.05) is 24.7 Å². The van der Waals surface area contributed by atoms with E-state index in [4.69, 9.17) is 0 Å². The van der Waals surface area contributed by atoms with Gasteiger partial charge >= 0.3 is 0 Å². The summed E-state index contributed by atoms with van der Waals surface area (Å²) in [6, 6.07) is 0.205. The lowest BCUT2D eigenvalue weighted by atomic mass is 10.0. The molecule has 19 heavy (non-hydrogen) atoms. The molecular weight excluding hydrogens is 262 g/mol. The van der Waals surface area contributed by atoms with E-state index in [1.807, 2.05) is 6.92 Å². The molecule has 0 aromatic heterocycles. The zero-order chi connectivity index (χ0) is 13.8. The van der Waals surface area contributed by atoms with Gasteiger partial charge in [0.2, 0.25) is 10.0 Å². The van der Waals surface area contributed by atoms with Crippen LogP contribution in [0, 0.1) is 0 Å². The highest BCUT2D eigenvalue weighted by molar-refractivity contribution is 7.90. The van der Waals surface area contributed by atoms with Crippen LogP contribution in [0.5, 0.6) is 0 Å². The van der Waals surface area contributed by atoms with Crippen LogP contribution in [0.2, 0.25) is 0 Å². The summed E-state index contributed by atoms with van der Waals surface area (Å²) in [5.74, 6) is 1.00. The first-order chi connectivity index (χ1) is 8.88. The number of fused-ring (bicyclic) bond motifs is 1. The van der Waals surface area contributed by atoms with Crippen LogP contribution in [-0.4, -0.2) is 43.0 Å². The summed E-state index contributed by atoms with van der Waals surface area (Å²) in [5, 5.41) is -0.145. The molecule has 3 rings (SSSR count). The van der Waals surface area contributed by atoms with E-state index in [0.717, 1.165) is 25.1 Å². The predicted molar refractivity (Wildman–Crippen MR) is 75.5 cm³/mol. The molecule has 3 aliphatic rings. The van der Waals surface area contributed by atoms with Crippen LogP contribution in [0.1, 0.15) is 40.0 Å². The highest BCUT2D eigenvalue weighted by Gasteiger charge is 2.40. The predicted octanol–water partition coefficient (Wildman–Crippen LogP) is 1.24. The van der Waals surface area contributed by atoms with Gasteiger partial charge in [0.15, 0.2) is 0 Å². The van der Waals surface area contributed by atoms with Gasteiger partial charge < -0.3 is 4.90 Å². The van der Waals surface area contributed by atoms with Gasteiger partial charge in [-0.25, -0.2) is 13.1 Å². The molecule has 1 aliphatic carbocycles. The van der Waals surface area contributed by atoms with Crippen molar-refractivity contribution >= 4 is 15.9 Å². The topological polar surface area (TPSA) is 61.8 Å². The molecular formula is C13H21N3O2S. The summed E-state index contributed by atoms with van der Waals surface area (Å²) >= 11 is 0. The highest BCUT2D eigenvalue weighted by atomic mass is 32.2. The zero-order valence-corrected chi connectivity index (χ0v) is 12.5. The van der Waals surface area contributed by atoms with Crippen LogP contribution >= 0.6 is 0 Å². The van der Waals surface area contributed by atoms with E-state index in [-0.39, 0.29) is 17.3 Å². The SMILES string of the molecule is CC1=N[C@@H](C)C(C)=C2C[C@@H](NS(=O)(=O)C3CC3)CN12. The smallest absolute Gasteiger partial charge is 0.214 e. The number of hydrogen-bond donors (Lipinski definition) is 1. The van der Waals surface area contributed by atoms with Crippen LogP contribution in [0.15, 0.2) is 16.3 Å². The molecule has 5 nitrogen and oxygen atoms in total. The van der Waals surface area contributed by atoms with E-state index >= 15 is 0 Å². The molecule has 0 bridgehead atoms. The fourth-order valence-electron chi connectivity index (χ4n) is 2.91. The fourth-order valence-corrected chi connectivity index (χ4v) is 4.49. The second kappa shape index (κ2) is 4.31. The molecule has 2 atom stereocenters. The lowest BCUT2D eigenvalue weighted by Gasteiger charge is -2.28. The van der Waals surface area contributed by atoms with E-state index in [1.165, 1.54) is 11.3 Å². The number of amidine groups is 1. The lowest BCUT2D eigenvalue weighted by molar-refractivity contribution is 0.509. The van der Waals surface area contributed by atoms with Crippen molar-refractivity contribution in [2.45, 2.75) is 57.4 Å². The minimum atomic E-state index is -3.10. The average molecular weight is 283 g/mol. The van der Waals surface area contributed by atoms with Crippen molar-refractivity contribution in [3.8, 4) is 0 Å². The van der Waals surface area contributed by atoms with Crippen LogP contribution in [-0.2, 0) is 10.0 Å². The fraction of sp³-hybridized carbons (Fsp3) is 0.769. The Kier molecular flexibility index (Phi) is 2.98. The minimum absolute atomic E-state index is 0.00833. The second-order valence-electron chi connectivity index (χ2n) is 5.86. The third-order valence-corrected chi connectivity index (χ3v) is 6.33. The molecule has 2 aliphatic heterocycles. The van der Waals surface area contributed by atoms with Crippen molar-refractivity contribution in [2.75, 3.05) is 6.54 Å². The molecule has 2 fully saturated rings. The van der Waals surface area contributed by atoms with Gasteiger partial charge in [-0.3, -0.25) is 4.99 Å². The molecule has 106 valence electrons. The first kappa shape index (κ1) is 13.1. The summed E-state index contributed by atoms with van der Waals surface area (Å²) in [7, 11) is -3.10. The first-order valence-corrected chi connectivity index (χ1v) is 8.46. The first-order valence-electron chi connectivity index (χ1n) is 6.91. The van der Waals surface area contributed by atoms with Crippen LogP contribution in [0.25, 0.3) is 0 Å². The lowest BCUT2D eigenvalue weighted by Crippen LogP contribution is -2.40. The number of sulfonamides is 1. The normalized spacial score (nSPS) is 31.5. The maximum Gasteiger partial charge on any atom is 0.214 e. The van der Waals surface area contributed by atoms with E-state index in [2.05, 4.69) is 28.5 Å². The monoisotopic (exact) mass is 283 g/mol. The van der Waals surface area contributed by atoms with Gasteiger partial charge in [-0.15, -0.1) is 0 Å². The molecule has 2 heterocycles. The molecule has 0 aromatic rings. The van der Waals surface area contributed by atoms with Crippen molar-refractivity contribution < 1.29 is 8.42 Å². The van der Waals surface area contributed by atoms with Crippen molar-refractivity contribution in [1.82, 2.24) is 9.62 Å². The van der Waals surface area contributed by atoms with Crippen LogP contribution in [0.3, 0.4) is 0 Å². The quantitative estimate of drug-likeness (QED) is 0.847. The van der Waals surface area contributed by atoms with Gasteiger partial charge in [0.05, 0.1) is 11.3 Å². The van der Waals surface area contributed by atoms with Gasteiger partial charge in [-0.1, -0.05) is 0 Å². The van der Waals surface area contributed by atoms with E-state index in [1.54, 1.807) is 0 Å². The second-order valence-corrected chi connectivity index (χ2v) is 7.85. The van der Waals surface area contributed by atoms with Gasteiger partial charge in [-0.2, -0.15) is 0 Å². The maximum atomic E-state index is 12.0. The summed E-state index contributed by atoms with van der Waals surface area (Å²) in [6.07, 6.45) is 2.41. The number of rotatable bonds is 3. The number of nitrogens with one attached hydrogen (secondary N) is 1. The van der Waals surface area contributed by atoms with Crippen molar-refractivity contribution in [2.24, 2.45) is 4.99 Å². The summed E-state index contributed by atoms with van der Waals surface area (Å²) in [6.45, 7) is 6.90. The third kappa shape index (κ3) is 2.31. The molecule has 0 aromatic carbocycles. The Morgan fingerprint density at radius 3 is 2.63 bits per heavy atom. The number of aliphatic imine (C=N–C) groups is 1. The van der Waals surface area contributed by atoms with Crippen molar-refractivity contribution in [3.05, 3.63) is 11.3 Å². The average Bonchev–Trinajstić information content (AvgIpc) is 3.09. The van der Waals surface area contributed by atoms with E-state index < -0.39 is 10.0 Å². The molecule has 1 saturated carbocycles. The Morgan fingerprint density at radius 1 is 1.32 bits per heavy atom.